The Morgan fingerprint density at radius 2 is 1.88 bits per heavy atom. The van der Waals surface area contributed by atoms with Crippen molar-refractivity contribution in [1.82, 2.24) is 0 Å². The zero-order chi connectivity index (χ0) is 11.4. The molecule has 0 saturated heterocycles. The lowest BCUT2D eigenvalue weighted by atomic mass is 10.0. The summed E-state index contributed by atoms with van der Waals surface area (Å²) in [5.41, 5.74) is 6.63. The van der Waals surface area contributed by atoms with E-state index in [2.05, 4.69) is 0 Å². The number of aliphatic hydroxyl groups is 1. The minimum absolute atomic E-state index is 0. The number of hydrogen-bond acceptors (Lipinski definition) is 2. The van der Waals surface area contributed by atoms with Crippen LogP contribution in [0.3, 0.4) is 0 Å². The zero-order valence-electron chi connectivity index (χ0n) is 8.42. The van der Waals surface area contributed by atoms with Gasteiger partial charge in [0, 0.05) is 17.7 Å². The van der Waals surface area contributed by atoms with Crippen LogP contribution in [0.1, 0.15) is 24.4 Å². The molecule has 0 saturated carbocycles. The van der Waals surface area contributed by atoms with E-state index >= 15 is 0 Å². The van der Waals surface area contributed by atoms with E-state index in [-0.39, 0.29) is 25.1 Å². The molecular weight excluding hydrogens is 292 g/mol. The van der Waals surface area contributed by atoms with Gasteiger partial charge in [0.25, 0.3) is 0 Å². The van der Waals surface area contributed by atoms with Crippen molar-refractivity contribution in [2.75, 3.05) is 6.61 Å². The molecular formula is C10H13Cl4NO. The number of nitrogens with two attached hydrogens (primary N) is 1. The van der Waals surface area contributed by atoms with Gasteiger partial charge in [-0.2, -0.15) is 0 Å². The van der Waals surface area contributed by atoms with Gasteiger partial charge in [-0.3, -0.25) is 0 Å². The van der Waals surface area contributed by atoms with E-state index in [0.717, 1.165) is 5.56 Å². The Morgan fingerprint density at radius 1 is 1.25 bits per heavy atom. The normalized spacial score (nSPS) is 12.1. The second kappa shape index (κ2) is 7.59. The van der Waals surface area contributed by atoms with E-state index in [1.807, 2.05) is 0 Å². The fourth-order valence-electron chi connectivity index (χ4n) is 1.31. The third-order valence-corrected chi connectivity index (χ3v) is 3.13. The first-order valence-corrected chi connectivity index (χ1v) is 5.70. The summed E-state index contributed by atoms with van der Waals surface area (Å²) < 4.78 is 0. The van der Waals surface area contributed by atoms with Gasteiger partial charge in [-0.1, -0.05) is 34.8 Å². The van der Waals surface area contributed by atoms with Gasteiger partial charge in [-0.05, 0) is 30.5 Å². The molecule has 2 nitrogen and oxygen atoms in total. The molecule has 1 aromatic carbocycles. The number of halogens is 4. The number of aliphatic hydroxyl groups excluding tert-OH is 1. The van der Waals surface area contributed by atoms with Crippen LogP contribution in [0, 0.1) is 0 Å². The molecule has 0 radical (unpaired) electrons. The van der Waals surface area contributed by atoms with Crippen molar-refractivity contribution in [3.05, 3.63) is 32.8 Å². The molecule has 0 aliphatic heterocycles. The lowest BCUT2D eigenvalue weighted by Crippen LogP contribution is -2.11. The van der Waals surface area contributed by atoms with E-state index < -0.39 is 0 Å². The third-order valence-electron chi connectivity index (χ3n) is 2.09. The quantitative estimate of drug-likeness (QED) is 0.830. The molecule has 0 spiro atoms. The highest BCUT2D eigenvalue weighted by atomic mass is 35.5. The van der Waals surface area contributed by atoms with Crippen molar-refractivity contribution in [2.24, 2.45) is 5.73 Å². The van der Waals surface area contributed by atoms with Gasteiger partial charge in [-0.25, -0.2) is 0 Å². The molecule has 1 aromatic rings. The molecule has 6 heteroatoms. The van der Waals surface area contributed by atoms with Crippen LogP contribution in [-0.4, -0.2) is 11.7 Å². The SMILES string of the molecule is Cl.N[C@@H](CCCO)c1cc(Cl)cc(Cl)c1Cl. The molecule has 0 aliphatic rings. The van der Waals surface area contributed by atoms with Crippen LogP contribution in [0.15, 0.2) is 12.1 Å². The van der Waals surface area contributed by atoms with Crippen LogP contribution in [-0.2, 0) is 0 Å². The van der Waals surface area contributed by atoms with Crippen molar-refractivity contribution in [2.45, 2.75) is 18.9 Å². The smallest absolute Gasteiger partial charge is 0.0641 e. The Kier molecular flexibility index (Phi) is 7.73. The maximum absolute atomic E-state index is 8.70. The monoisotopic (exact) mass is 303 g/mol. The van der Waals surface area contributed by atoms with Crippen molar-refractivity contribution >= 4 is 47.2 Å². The topological polar surface area (TPSA) is 46.2 Å². The molecule has 0 bridgehead atoms. The molecule has 0 unspecified atom stereocenters. The Labute approximate surface area is 116 Å². The lowest BCUT2D eigenvalue weighted by molar-refractivity contribution is 0.280. The zero-order valence-corrected chi connectivity index (χ0v) is 11.5. The highest BCUT2D eigenvalue weighted by Crippen LogP contribution is 2.33. The molecule has 3 N–H and O–H groups in total. The molecule has 0 fully saturated rings. The van der Waals surface area contributed by atoms with Gasteiger partial charge in [0.1, 0.15) is 0 Å². The van der Waals surface area contributed by atoms with Crippen molar-refractivity contribution in [3.8, 4) is 0 Å². The van der Waals surface area contributed by atoms with Crippen LogP contribution in [0.5, 0.6) is 0 Å². The number of hydrogen-bond donors (Lipinski definition) is 2. The van der Waals surface area contributed by atoms with Crippen molar-refractivity contribution in [1.29, 1.82) is 0 Å². The predicted octanol–water partition coefficient (Wildman–Crippen LogP) is 3.84. The Balaban J connectivity index is 0.00000225. The summed E-state index contributed by atoms with van der Waals surface area (Å²) in [5, 5.41) is 10.1. The summed E-state index contributed by atoms with van der Waals surface area (Å²) >= 11 is 17.7. The molecule has 0 amide bonds. The Hall–Kier alpha value is 0.300. The Morgan fingerprint density at radius 3 is 2.44 bits per heavy atom. The van der Waals surface area contributed by atoms with Gasteiger partial charge in [0.15, 0.2) is 0 Å². The van der Waals surface area contributed by atoms with Gasteiger partial charge in [0.05, 0.1) is 10.0 Å². The minimum Gasteiger partial charge on any atom is -0.396 e. The van der Waals surface area contributed by atoms with Crippen LogP contribution >= 0.6 is 47.2 Å². The highest BCUT2D eigenvalue weighted by molar-refractivity contribution is 6.43. The summed E-state index contributed by atoms with van der Waals surface area (Å²) in [6.45, 7) is 0.111. The third kappa shape index (κ3) is 4.28. The fourth-order valence-corrected chi connectivity index (χ4v) is 2.07. The van der Waals surface area contributed by atoms with Gasteiger partial charge < -0.3 is 10.8 Å². The predicted molar refractivity (Wildman–Crippen MR) is 72.0 cm³/mol. The van der Waals surface area contributed by atoms with Gasteiger partial charge in [-0.15, -0.1) is 12.4 Å². The summed E-state index contributed by atoms with van der Waals surface area (Å²) in [4.78, 5) is 0. The van der Waals surface area contributed by atoms with E-state index in [1.165, 1.54) is 0 Å². The maximum Gasteiger partial charge on any atom is 0.0641 e. The van der Waals surface area contributed by atoms with Crippen LogP contribution in [0.4, 0.5) is 0 Å². The van der Waals surface area contributed by atoms with E-state index in [9.17, 15) is 0 Å². The lowest BCUT2D eigenvalue weighted by Gasteiger charge is -2.14. The Bertz CT molecular complexity index is 346. The van der Waals surface area contributed by atoms with E-state index in [0.29, 0.717) is 27.9 Å². The molecule has 0 aromatic heterocycles. The molecule has 92 valence electrons. The second-order valence-corrected chi connectivity index (χ2v) is 4.48. The maximum atomic E-state index is 8.70. The minimum atomic E-state index is -0.249. The number of benzene rings is 1. The molecule has 1 rings (SSSR count). The summed E-state index contributed by atoms with van der Waals surface area (Å²) in [6.07, 6.45) is 1.27. The van der Waals surface area contributed by atoms with Crippen molar-refractivity contribution < 1.29 is 5.11 Å². The largest absolute Gasteiger partial charge is 0.396 e. The summed E-state index contributed by atoms with van der Waals surface area (Å²) in [5.74, 6) is 0. The molecule has 1 atom stereocenters. The number of rotatable bonds is 4. The standard InChI is InChI=1S/C10H12Cl3NO.ClH/c11-6-4-7(9(14)2-1-3-15)10(13)8(12)5-6;/h4-5,9,15H,1-3,14H2;1H/t9-;/m0./s1. The summed E-state index contributed by atoms with van der Waals surface area (Å²) in [6, 6.07) is 3.03. The van der Waals surface area contributed by atoms with Crippen LogP contribution < -0.4 is 5.73 Å². The first kappa shape index (κ1) is 16.3. The first-order valence-electron chi connectivity index (χ1n) is 4.57. The van der Waals surface area contributed by atoms with Gasteiger partial charge >= 0.3 is 0 Å². The molecule has 0 aliphatic carbocycles. The van der Waals surface area contributed by atoms with E-state index in [1.54, 1.807) is 12.1 Å². The summed E-state index contributed by atoms with van der Waals surface area (Å²) in [7, 11) is 0. The first-order chi connectivity index (χ1) is 7.06. The molecule has 16 heavy (non-hydrogen) atoms. The highest BCUT2D eigenvalue weighted by Gasteiger charge is 2.13. The fraction of sp³-hybridized carbons (Fsp3) is 0.400. The van der Waals surface area contributed by atoms with E-state index in [4.69, 9.17) is 45.6 Å². The average molecular weight is 305 g/mol. The van der Waals surface area contributed by atoms with Crippen molar-refractivity contribution in [3.63, 3.8) is 0 Å². The second-order valence-electron chi connectivity index (χ2n) is 3.26. The van der Waals surface area contributed by atoms with Crippen LogP contribution in [0.25, 0.3) is 0 Å². The molecule has 0 heterocycles. The van der Waals surface area contributed by atoms with Gasteiger partial charge in [0.2, 0.25) is 0 Å². The van der Waals surface area contributed by atoms with Crippen LogP contribution in [0.2, 0.25) is 15.1 Å². The average Bonchev–Trinajstić information content (AvgIpc) is 2.19.